The summed E-state index contributed by atoms with van der Waals surface area (Å²) in [5, 5.41) is 12.3. The Labute approximate surface area is 194 Å². The number of anilines is 1. The molecule has 33 heavy (non-hydrogen) atoms. The van der Waals surface area contributed by atoms with Gasteiger partial charge < -0.3 is 23.8 Å². The normalized spacial score (nSPS) is 10.9. The number of nitrogens with one attached hydrogen (secondary N) is 1. The minimum Gasteiger partial charge on any atom is -0.497 e. The molecule has 0 aliphatic heterocycles. The number of ether oxygens (including phenoxy) is 2. The van der Waals surface area contributed by atoms with E-state index in [-0.39, 0.29) is 29.8 Å². The Hall–Kier alpha value is -3.79. The second-order valence-electron chi connectivity index (χ2n) is 7.12. The number of nitrogens with zero attached hydrogens (tertiary/aromatic N) is 3. The highest BCUT2D eigenvalue weighted by Crippen LogP contribution is 2.31. The smallest absolute Gasteiger partial charge is 0.234 e. The summed E-state index contributed by atoms with van der Waals surface area (Å²) >= 11 is 1.23. The number of ketones is 1. The number of hydrogen-bond acceptors (Lipinski definition) is 8. The highest BCUT2D eigenvalue weighted by atomic mass is 32.2. The molecule has 2 heterocycles. The molecule has 4 rings (SSSR count). The fourth-order valence-corrected chi connectivity index (χ4v) is 3.87. The highest BCUT2D eigenvalue weighted by Gasteiger charge is 2.20. The third kappa shape index (κ3) is 5.01. The summed E-state index contributed by atoms with van der Waals surface area (Å²) in [6, 6.07) is 14.4. The molecule has 0 bridgehead atoms. The van der Waals surface area contributed by atoms with Gasteiger partial charge in [0.05, 0.1) is 18.6 Å². The Morgan fingerprint density at radius 1 is 1.09 bits per heavy atom. The molecule has 0 aliphatic carbocycles. The number of carbonyl (C=O) groups is 2. The van der Waals surface area contributed by atoms with E-state index in [0.29, 0.717) is 33.4 Å². The van der Waals surface area contributed by atoms with Crippen molar-refractivity contribution in [2.24, 2.45) is 7.05 Å². The number of amides is 1. The van der Waals surface area contributed by atoms with Crippen molar-refractivity contribution in [1.82, 2.24) is 14.8 Å². The molecule has 2 aromatic heterocycles. The molecule has 0 saturated carbocycles. The molecule has 0 spiro atoms. The predicted octanol–water partition coefficient (Wildman–Crippen LogP) is 4.08. The number of Topliss-reactive ketones (excluding diaryl/α,β-unsaturated/α-hetero) is 1. The number of methoxy groups -OCH3 is 1. The molecule has 0 atom stereocenters. The fraction of sp³-hybridized carbons (Fsp3) is 0.217. The highest BCUT2D eigenvalue weighted by molar-refractivity contribution is 7.99. The van der Waals surface area contributed by atoms with Gasteiger partial charge in [-0.15, -0.1) is 10.2 Å². The minimum absolute atomic E-state index is 0.0855. The Kier molecular flexibility index (Phi) is 6.64. The molecular weight excluding hydrogens is 444 g/mol. The van der Waals surface area contributed by atoms with Gasteiger partial charge >= 0.3 is 0 Å². The van der Waals surface area contributed by atoms with Gasteiger partial charge in [0.25, 0.3) is 0 Å². The summed E-state index contributed by atoms with van der Waals surface area (Å²) in [6.07, 6.45) is 0. The first kappa shape index (κ1) is 22.4. The van der Waals surface area contributed by atoms with Crippen molar-refractivity contribution in [2.75, 3.05) is 18.2 Å². The predicted molar refractivity (Wildman–Crippen MR) is 124 cm³/mol. The van der Waals surface area contributed by atoms with Gasteiger partial charge in [0, 0.05) is 19.4 Å². The zero-order chi connectivity index (χ0) is 23.4. The maximum absolute atomic E-state index is 12.6. The van der Waals surface area contributed by atoms with Crippen LogP contribution in [0.1, 0.15) is 23.3 Å². The Morgan fingerprint density at radius 2 is 1.82 bits per heavy atom. The van der Waals surface area contributed by atoms with Gasteiger partial charge in [-0.2, -0.15) is 0 Å². The van der Waals surface area contributed by atoms with E-state index >= 15 is 0 Å². The molecular formula is C23H22N4O5S. The summed E-state index contributed by atoms with van der Waals surface area (Å²) in [5.74, 6) is 1.72. The van der Waals surface area contributed by atoms with Crippen LogP contribution in [0.3, 0.4) is 0 Å². The van der Waals surface area contributed by atoms with Gasteiger partial charge in [-0.05, 0) is 36.4 Å². The van der Waals surface area contributed by atoms with E-state index in [9.17, 15) is 9.59 Å². The fourth-order valence-electron chi connectivity index (χ4n) is 3.14. The number of para-hydroxylation sites is 1. The van der Waals surface area contributed by atoms with Crippen LogP contribution in [0.5, 0.6) is 11.5 Å². The standard InChI is InChI=1S/C23H22N4O5S/c1-14(28)22-21(17-6-4-5-7-18(17)32-22)24-20(29)13-33-23-26-25-19(27(23)2)12-31-16-10-8-15(30-3)9-11-16/h4-11H,12-13H2,1-3H3,(H,24,29). The average Bonchev–Trinajstić information content (AvgIpc) is 3.37. The SMILES string of the molecule is COc1ccc(OCc2nnc(SCC(=O)Nc3c(C(C)=O)oc4ccccc34)n2C)cc1. The van der Waals surface area contributed by atoms with E-state index in [2.05, 4.69) is 15.5 Å². The quantitative estimate of drug-likeness (QED) is 0.290. The lowest BCUT2D eigenvalue weighted by molar-refractivity contribution is -0.113. The van der Waals surface area contributed by atoms with Crippen molar-refractivity contribution in [3.8, 4) is 11.5 Å². The van der Waals surface area contributed by atoms with Crippen LogP contribution in [0, 0.1) is 0 Å². The van der Waals surface area contributed by atoms with Gasteiger partial charge in [0.15, 0.2) is 22.5 Å². The lowest BCUT2D eigenvalue weighted by atomic mass is 10.2. The summed E-state index contributed by atoms with van der Waals surface area (Å²) in [6.45, 7) is 1.63. The lowest BCUT2D eigenvalue weighted by Crippen LogP contribution is -2.16. The van der Waals surface area contributed by atoms with Crippen molar-refractivity contribution in [3.05, 3.63) is 60.1 Å². The Bertz CT molecular complexity index is 1300. The van der Waals surface area contributed by atoms with Crippen LogP contribution in [0.2, 0.25) is 0 Å². The second-order valence-corrected chi connectivity index (χ2v) is 8.06. The van der Waals surface area contributed by atoms with E-state index in [1.165, 1.54) is 18.7 Å². The molecule has 0 radical (unpaired) electrons. The first-order chi connectivity index (χ1) is 16.0. The van der Waals surface area contributed by atoms with E-state index in [4.69, 9.17) is 13.9 Å². The van der Waals surface area contributed by atoms with Crippen LogP contribution < -0.4 is 14.8 Å². The summed E-state index contributed by atoms with van der Waals surface area (Å²) in [5.41, 5.74) is 0.927. The number of hydrogen-bond donors (Lipinski definition) is 1. The molecule has 9 nitrogen and oxygen atoms in total. The number of aromatic nitrogens is 3. The Morgan fingerprint density at radius 3 is 2.55 bits per heavy atom. The number of thioether (sulfide) groups is 1. The van der Waals surface area contributed by atoms with Gasteiger partial charge in [0.1, 0.15) is 23.7 Å². The van der Waals surface area contributed by atoms with E-state index in [0.717, 1.165) is 5.75 Å². The van der Waals surface area contributed by atoms with Crippen molar-refractivity contribution < 1.29 is 23.5 Å². The molecule has 10 heteroatoms. The number of benzene rings is 2. The zero-order valence-corrected chi connectivity index (χ0v) is 19.1. The van der Waals surface area contributed by atoms with Crippen molar-refractivity contribution in [2.45, 2.75) is 18.7 Å². The summed E-state index contributed by atoms with van der Waals surface area (Å²) < 4.78 is 18.3. The van der Waals surface area contributed by atoms with Gasteiger partial charge in [-0.3, -0.25) is 9.59 Å². The van der Waals surface area contributed by atoms with Crippen LogP contribution in [-0.4, -0.2) is 39.3 Å². The van der Waals surface area contributed by atoms with Crippen LogP contribution in [0.15, 0.2) is 58.1 Å². The van der Waals surface area contributed by atoms with Crippen molar-refractivity contribution >= 4 is 40.1 Å². The van der Waals surface area contributed by atoms with Gasteiger partial charge in [-0.25, -0.2) is 0 Å². The molecule has 4 aromatic rings. The Balaban J connectivity index is 1.37. The zero-order valence-electron chi connectivity index (χ0n) is 18.3. The minimum atomic E-state index is -0.284. The molecule has 0 saturated heterocycles. The maximum atomic E-state index is 12.6. The van der Waals surface area contributed by atoms with Crippen molar-refractivity contribution in [1.29, 1.82) is 0 Å². The first-order valence-corrected chi connectivity index (χ1v) is 11.0. The van der Waals surface area contributed by atoms with Crippen LogP contribution in [-0.2, 0) is 18.4 Å². The number of carbonyl (C=O) groups excluding carboxylic acids is 2. The largest absolute Gasteiger partial charge is 0.497 e. The summed E-state index contributed by atoms with van der Waals surface area (Å²) in [7, 11) is 3.42. The van der Waals surface area contributed by atoms with E-state index in [1.807, 2.05) is 37.4 Å². The van der Waals surface area contributed by atoms with Crippen LogP contribution in [0.4, 0.5) is 5.69 Å². The molecule has 1 N–H and O–H groups in total. The molecule has 1 amide bonds. The second kappa shape index (κ2) is 9.78. The van der Waals surface area contributed by atoms with Crippen molar-refractivity contribution in [3.63, 3.8) is 0 Å². The van der Waals surface area contributed by atoms with Gasteiger partial charge in [-0.1, -0.05) is 23.9 Å². The topological polar surface area (TPSA) is 108 Å². The number of furan rings is 1. The summed E-state index contributed by atoms with van der Waals surface area (Å²) in [4.78, 5) is 24.6. The third-order valence-electron chi connectivity index (χ3n) is 4.86. The number of rotatable bonds is 9. The molecule has 0 unspecified atom stereocenters. The monoisotopic (exact) mass is 466 g/mol. The third-order valence-corrected chi connectivity index (χ3v) is 5.88. The molecule has 170 valence electrons. The first-order valence-electron chi connectivity index (χ1n) is 10.1. The maximum Gasteiger partial charge on any atom is 0.234 e. The van der Waals surface area contributed by atoms with Crippen LogP contribution in [0.25, 0.3) is 11.0 Å². The molecule has 0 aliphatic rings. The number of fused-ring (bicyclic) bond motifs is 1. The molecule has 2 aromatic carbocycles. The lowest BCUT2D eigenvalue weighted by Gasteiger charge is -2.07. The van der Waals surface area contributed by atoms with Crippen LogP contribution >= 0.6 is 11.8 Å². The average molecular weight is 467 g/mol. The van der Waals surface area contributed by atoms with E-state index < -0.39 is 0 Å². The van der Waals surface area contributed by atoms with Gasteiger partial charge in [0.2, 0.25) is 5.91 Å². The molecule has 0 fully saturated rings. The van der Waals surface area contributed by atoms with E-state index in [1.54, 1.807) is 29.9 Å².